The van der Waals surface area contributed by atoms with Gasteiger partial charge in [0.1, 0.15) is 6.61 Å². The molecule has 0 radical (unpaired) electrons. The third-order valence-electron chi connectivity index (χ3n) is 3.40. The van der Waals surface area contributed by atoms with Crippen molar-refractivity contribution >= 4 is 5.91 Å². The topological polar surface area (TPSA) is 41.6 Å². The van der Waals surface area contributed by atoms with Crippen LogP contribution in [0.5, 0.6) is 0 Å². The maximum absolute atomic E-state index is 11.8. The predicted molar refractivity (Wildman–Crippen MR) is 62.3 cm³/mol. The zero-order valence-corrected chi connectivity index (χ0v) is 9.91. The van der Waals surface area contributed by atoms with Crippen molar-refractivity contribution in [2.45, 2.75) is 38.2 Å². The number of nitrogens with zero attached hydrogens (tertiary/aromatic N) is 1. The van der Waals surface area contributed by atoms with E-state index in [-0.39, 0.29) is 18.6 Å². The first kappa shape index (κ1) is 11.9. The van der Waals surface area contributed by atoms with Crippen molar-refractivity contribution in [3.05, 3.63) is 0 Å². The van der Waals surface area contributed by atoms with Gasteiger partial charge in [0.25, 0.3) is 0 Å². The van der Waals surface area contributed by atoms with Gasteiger partial charge in [-0.2, -0.15) is 0 Å². The highest BCUT2D eigenvalue weighted by molar-refractivity contribution is 5.77. The minimum absolute atomic E-state index is 0.172. The molecule has 2 fully saturated rings. The van der Waals surface area contributed by atoms with Crippen molar-refractivity contribution < 1.29 is 9.53 Å². The van der Waals surface area contributed by atoms with Crippen molar-refractivity contribution in [2.24, 2.45) is 0 Å². The molecule has 2 saturated heterocycles. The molecule has 1 unspecified atom stereocenters. The number of likely N-dealkylation sites (tertiary alicyclic amines) is 1. The number of hydrogen-bond donors (Lipinski definition) is 1. The third kappa shape index (κ3) is 3.46. The zero-order valence-electron chi connectivity index (χ0n) is 9.91. The summed E-state index contributed by atoms with van der Waals surface area (Å²) in [6.07, 6.45) is 6.04. The lowest BCUT2D eigenvalue weighted by molar-refractivity contribution is -0.139. The summed E-state index contributed by atoms with van der Waals surface area (Å²) in [5.41, 5.74) is 0. The van der Waals surface area contributed by atoms with Gasteiger partial charge in [0.2, 0.25) is 5.91 Å². The SMILES string of the molecule is O=C(COC1CCCNC1)N1CCCCC1. The van der Waals surface area contributed by atoms with E-state index in [2.05, 4.69) is 5.32 Å². The first-order valence-electron chi connectivity index (χ1n) is 6.46. The lowest BCUT2D eigenvalue weighted by Gasteiger charge is -2.28. The van der Waals surface area contributed by atoms with E-state index in [4.69, 9.17) is 4.74 Å². The van der Waals surface area contributed by atoms with Gasteiger partial charge in [0, 0.05) is 19.6 Å². The second-order valence-electron chi connectivity index (χ2n) is 4.72. The van der Waals surface area contributed by atoms with Gasteiger partial charge in [-0.15, -0.1) is 0 Å². The van der Waals surface area contributed by atoms with Gasteiger partial charge < -0.3 is 15.0 Å². The summed E-state index contributed by atoms with van der Waals surface area (Å²) >= 11 is 0. The molecule has 2 aliphatic heterocycles. The maximum Gasteiger partial charge on any atom is 0.248 e. The smallest absolute Gasteiger partial charge is 0.248 e. The predicted octanol–water partition coefficient (Wildman–Crippen LogP) is 0.767. The van der Waals surface area contributed by atoms with E-state index in [0.29, 0.717) is 0 Å². The lowest BCUT2D eigenvalue weighted by atomic mass is 10.1. The van der Waals surface area contributed by atoms with Crippen molar-refractivity contribution in [2.75, 3.05) is 32.8 Å². The molecule has 2 aliphatic rings. The van der Waals surface area contributed by atoms with Crippen LogP contribution in [0.2, 0.25) is 0 Å². The Morgan fingerprint density at radius 3 is 2.75 bits per heavy atom. The first-order chi connectivity index (χ1) is 7.86. The first-order valence-corrected chi connectivity index (χ1v) is 6.46. The highest BCUT2D eigenvalue weighted by atomic mass is 16.5. The van der Waals surface area contributed by atoms with Crippen LogP contribution in [0.15, 0.2) is 0 Å². The summed E-state index contributed by atoms with van der Waals surface area (Å²) in [6.45, 7) is 4.09. The summed E-state index contributed by atoms with van der Waals surface area (Å²) in [5.74, 6) is 0.172. The largest absolute Gasteiger partial charge is 0.367 e. The Bertz CT molecular complexity index is 221. The summed E-state index contributed by atoms with van der Waals surface area (Å²) in [4.78, 5) is 13.8. The van der Waals surface area contributed by atoms with E-state index >= 15 is 0 Å². The standard InChI is InChI=1S/C12H22N2O2/c15-12(14-7-2-1-3-8-14)10-16-11-5-4-6-13-9-11/h11,13H,1-10H2. The molecule has 4 heteroatoms. The summed E-state index contributed by atoms with van der Waals surface area (Å²) in [5, 5.41) is 3.29. The number of carbonyl (C=O) groups excluding carboxylic acids is 1. The molecule has 92 valence electrons. The molecule has 0 bridgehead atoms. The summed E-state index contributed by atoms with van der Waals surface area (Å²) in [7, 11) is 0. The van der Waals surface area contributed by atoms with Crippen molar-refractivity contribution in [3.8, 4) is 0 Å². The van der Waals surface area contributed by atoms with E-state index < -0.39 is 0 Å². The number of rotatable bonds is 3. The minimum Gasteiger partial charge on any atom is -0.367 e. The number of amides is 1. The monoisotopic (exact) mass is 226 g/mol. The average molecular weight is 226 g/mol. The molecule has 1 amide bonds. The van der Waals surface area contributed by atoms with Gasteiger partial charge in [-0.3, -0.25) is 4.79 Å². The number of piperidine rings is 2. The Kier molecular flexibility index (Phi) is 4.60. The molecule has 0 saturated carbocycles. The summed E-state index contributed by atoms with van der Waals surface area (Å²) < 4.78 is 5.64. The molecule has 0 aromatic heterocycles. The highest BCUT2D eigenvalue weighted by Gasteiger charge is 2.19. The van der Waals surface area contributed by atoms with Crippen LogP contribution < -0.4 is 5.32 Å². The van der Waals surface area contributed by atoms with E-state index in [1.807, 2.05) is 4.90 Å². The van der Waals surface area contributed by atoms with Gasteiger partial charge in [-0.25, -0.2) is 0 Å². The molecular formula is C12H22N2O2. The van der Waals surface area contributed by atoms with Crippen LogP contribution >= 0.6 is 0 Å². The van der Waals surface area contributed by atoms with Gasteiger partial charge in [-0.1, -0.05) is 0 Å². The Morgan fingerprint density at radius 2 is 2.06 bits per heavy atom. The third-order valence-corrected chi connectivity index (χ3v) is 3.40. The molecule has 0 aliphatic carbocycles. The Labute approximate surface area is 97.3 Å². The number of nitrogens with one attached hydrogen (secondary N) is 1. The number of hydrogen-bond acceptors (Lipinski definition) is 3. The van der Waals surface area contributed by atoms with Crippen LogP contribution in [-0.2, 0) is 9.53 Å². The fourth-order valence-electron chi connectivity index (χ4n) is 2.39. The Morgan fingerprint density at radius 1 is 1.25 bits per heavy atom. The molecule has 0 aromatic rings. The minimum atomic E-state index is 0.172. The molecular weight excluding hydrogens is 204 g/mol. The number of ether oxygens (including phenoxy) is 1. The molecule has 0 aromatic carbocycles. The lowest BCUT2D eigenvalue weighted by Crippen LogP contribution is -2.41. The quantitative estimate of drug-likeness (QED) is 0.773. The molecule has 16 heavy (non-hydrogen) atoms. The molecule has 1 atom stereocenters. The van der Waals surface area contributed by atoms with Crippen LogP contribution in [0.1, 0.15) is 32.1 Å². The van der Waals surface area contributed by atoms with Crippen LogP contribution in [0, 0.1) is 0 Å². The Hall–Kier alpha value is -0.610. The van der Waals surface area contributed by atoms with Gasteiger partial charge in [0.05, 0.1) is 6.10 Å². The molecule has 4 nitrogen and oxygen atoms in total. The van der Waals surface area contributed by atoms with Gasteiger partial charge >= 0.3 is 0 Å². The van der Waals surface area contributed by atoms with Gasteiger partial charge in [-0.05, 0) is 38.6 Å². The molecule has 0 spiro atoms. The zero-order chi connectivity index (χ0) is 11.2. The van der Waals surface area contributed by atoms with E-state index in [1.165, 1.54) is 6.42 Å². The molecule has 2 heterocycles. The van der Waals surface area contributed by atoms with Crippen molar-refractivity contribution in [1.82, 2.24) is 10.2 Å². The normalized spacial score (nSPS) is 26.8. The van der Waals surface area contributed by atoms with Gasteiger partial charge in [0.15, 0.2) is 0 Å². The van der Waals surface area contributed by atoms with Crippen molar-refractivity contribution in [3.63, 3.8) is 0 Å². The van der Waals surface area contributed by atoms with Crippen LogP contribution in [0.25, 0.3) is 0 Å². The van der Waals surface area contributed by atoms with E-state index in [9.17, 15) is 4.79 Å². The average Bonchev–Trinajstić information content (AvgIpc) is 2.38. The summed E-state index contributed by atoms with van der Waals surface area (Å²) in [6, 6.07) is 0. The highest BCUT2D eigenvalue weighted by Crippen LogP contribution is 2.10. The van der Waals surface area contributed by atoms with Crippen LogP contribution in [0.3, 0.4) is 0 Å². The number of carbonyl (C=O) groups is 1. The Balaban J connectivity index is 1.65. The molecule has 2 rings (SSSR count). The maximum atomic E-state index is 11.8. The second-order valence-corrected chi connectivity index (χ2v) is 4.72. The second kappa shape index (κ2) is 6.21. The van der Waals surface area contributed by atoms with E-state index in [0.717, 1.165) is 51.9 Å². The van der Waals surface area contributed by atoms with Crippen LogP contribution in [0.4, 0.5) is 0 Å². The fraction of sp³-hybridized carbons (Fsp3) is 0.917. The van der Waals surface area contributed by atoms with Crippen LogP contribution in [-0.4, -0.2) is 49.7 Å². The fourth-order valence-corrected chi connectivity index (χ4v) is 2.39. The van der Waals surface area contributed by atoms with Crippen molar-refractivity contribution in [1.29, 1.82) is 0 Å². The molecule has 1 N–H and O–H groups in total. The van der Waals surface area contributed by atoms with E-state index in [1.54, 1.807) is 0 Å².